The largest absolute Gasteiger partial charge is 0.482 e. The first-order chi connectivity index (χ1) is 7.05. The summed E-state index contributed by atoms with van der Waals surface area (Å²) in [7, 11) is 0. The van der Waals surface area contributed by atoms with Crippen molar-refractivity contribution >= 4 is 5.78 Å². The Morgan fingerprint density at radius 2 is 1.87 bits per heavy atom. The van der Waals surface area contributed by atoms with Crippen LogP contribution in [0.3, 0.4) is 0 Å². The van der Waals surface area contributed by atoms with Crippen LogP contribution in [0, 0.1) is 11.6 Å². The second-order valence-corrected chi connectivity index (χ2v) is 3.41. The summed E-state index contributed by atoms with van der Waals surface area (Å²) in [6.07, 6.45) is 2.31. The summed E-state index contributed by atoms with van der Waals surface area (Å²) in [6.45, 7) is 1.34. The minimum atomic E-state index is -1.57. The van der Waals surface area contributed by atoms with Gasteiger partial charge in [0.25, 0.3) is 0 Å². The van der Waals surface area contributed by atoms with Crippen LogP contribution in [0.25, 0.3) is 0 Å². The van der Waals surface area contributed by atoms with E-state index in [1.807, 2.05) is 0 Å². The zero-order valence-electron chi connectivity index (χ0n) is 7.96. The Balaban J connectivity index is 2.59. The molecular formula is C11H8F2O2. The summed E-state index contributed by atoms with van der Waals surface area (Å²) in [5, 5.41) is 0. The highest BCUT2D eigenvalue weighted by atomic mass is 19.1. The summed E-state index contributed by atoms with van der Waals surface area (Å²) in [5.74, 6) is -2.03. The molecule has 0 bridgehead atoms. The fourth-order valence-corrected chi connectivity index (χ4v) is 1.58. The molecule has 78 valence electrons. The number of hydrogen-bond donors (Lipinski definition) is 0. The molecule has 1 aromatic carbocycles. The Bertz CT molecular complexity index is 434. The van der Waals surface area contributed by atoms with Crippen LogP contribution in [0.1, 0.15) is 12.5 Å². The standard InChI is InChI=1S/C11H8F2O2/c1-11(9(14)5-6-15-11)10-7(12)3-2-4-8(10)13/h2-6H,1H3. The van der Waals surface area contributed by atoms with Crippen molar-refractivity contribution in [3.05, 3.63) is 47.7 Å². The molecule has 0 aromatic heterocycles. The van der Waals surface area contributed by atoms with E-state index >= 15 is 0 Å². The molecule has 0 saturated heterocycles. The first kappa shape index (κ1) is 9.83. The first-order valence-electron chi connectivity index (χ1n) is 4.39. The Kier molecular flexibility index (Phi) is 2.07. The number of benzene rings is 1. The number of ether oxygens (including phenoxy) is 1. The maximum absolute atomic E-state index is 13.4. The van der Waals surface area contributed by atoms with Crippen molar-refractivity contribution < 1.29 is 18.3 Å². The fraction of sp³-hybridized carbons (Fsp3) is 0.182. The molecule has 2 nitrogen and oxygen atoms in total. The van der Waals surface area contributed by atoms with Gasteiger partial charge in [0.1, 0.15) is 11.6 Å². The summed E-state index contributed by atoms with van der Waals surface area (Å²) in [4.78, 5) is 11.5. The molecule has 0 N–H and O–H groups in total. The SMILES string of the molecule is CC1(c2c(F)cccc2F)OC=CC1=O. The zero-order chi connectivity index (χ0) is 11.1. The van der Waals surface area contributed by atoms with Gasteiger partial charge in [-0.15, -0.1) is 0 Å². The van der Waals surface area contributed by atoms with Crippen LogP contribution in [0.15, 0.2) is 30.5 Å². The Labute approximate surface area is 85.2 Å². The molecule has 4 heteroatoms. The van der Waals surface area contributed by atoms with Crippen molar-refractivity contribution in [3.8, 4) is 0 Å². The predicted molar refractivity (Wildman–Crippen MR) is 48.9 cm³/mol. The summed E-state index contributed by atoms with van der Waals surface area (Å²) in [6, 6.07) is 3.43. The highest BCUT2D eigenvalue weighted by Crippen LogP contribution is 2.34. The molecule has 1 aliphatic rings. The van der Waals surface area contributed by atoms with Gasteiger partial charge in [-0.1, -0.05) is 6.07 Å². The molecule has 0 radical (unpaired) electrons. The van der Waals surface area contributed by atoms with E-state index < -0.39 is 23.0 Å². The Morgan fingerprint density at radius 3 is 2.33 bits per heavy atom. The minimum Gasteiger partial charge on any atom is -0.482 e. The van der Waals surface area contributed by atoms with Gasteiger partial charge in [0.2, 0.25) is 5.78 Å². The van der Waals surface area contributed by atoms with Crippen LogP contribution in [0.4, 0.5) is 8.78 Å². The van der Waals surface area contributed by atoms with Crippen molar-refractivity contribution in [2.75, 3.05) is 0 Å². The van der Waals surface area contributed by atoms with E-state index in [0.29, 0.717) is 0 Å². The third-order valence-corrected chi connectivity index (χ3v) is 2.43. The molecule has 0 spiro atoms. The second kappa shape index (κ2) is 3.15. The number of rotatable bonds is 1. The van der Waals surface area contributed by atoms with Gasteiger partial charge in [-0.05, 0) is 19.1 Å². The highest BCUT2D eigenvalue weighted by Gasteiger charge is 2.42. The maximum Gasteiger partial charge on any atom is 0.206 e. The second-order valence-electron chi connectivity index (χ2n) is 3.41. The van der Waals surface area contributed by atoms with Gasteiger partial charge in [-0.3, -0.25) is 4.79 Å². The van der Waals surface area contributed by atoms with E-state index in [1.54, 1.807) is 0 Å². The van der Waals surface area contributed by atoms with Crippen molar-refractivity contribution in [2.24, 2.45) is 0 Å². The molecule has 1 atom stereocenters. The van der Waals surface area contributed by atoms with E-state index in [-0.39, 0.29) is 5.56 Å². The third-order valence-electron chi connectivity index (χ3n) is 2.43. The third kappa shape index (κ3) is 1.33. The average molecular weight is 210 g/mol. The smallest absolute Gasteiger partial charge is 0.206 e. The van der Waals surface area contributed by atoms with Crippen LogP contribution in [-0.2, 0) is 15.1 Å². The highest BCUT2D eigenvalue weighted by molar-refractivity contribution is 5.99. The average Bonchev–Trinajstić information content (AvgIpc) is 2.47. The Morgan fingerprint density at radius 1 is 1.27 bits per heavy atom. The van der Waals surface area contributed by atoms with Gasteiger partial charge in [0.05, 0.1) is 11.8 Å². The quantitative estimate of drug-likeness (QED) is 0.710. The number of carbonyl (C=O) groups is 1. The molecule has 2 rings (SSSR count). The number of halogens is 2. The van der Waals surface area contributed by atoms with E-state index in [4.69, 9.17) is 4.74 Å². The molecule has 1 heterocycles. The summed E-state index contributed by atoms with van der Waals surface area (Å²) in [5.41, 5.74) is -1.92. The van der Waals surface area contributed by atoms with E-state index in [0.717, 1.165) is 24.5 Å². The maximum atomic E-state index is 13.4. The predicted octanol–water partition coefficient (Wildman–Crippen LogP) is 2.29. The van der Waals surface area contributed by atoms with Gasteiger partial charge < -0.3 is 4.74 Å². The lowest BCUT2D eigenvalue weighted by atomic mass is 9.91. The zero-order valence-corrected chi connectivity index (χ0v) is 7.96. The molecule has 0 amide bonds. The number of hydrogen-bond acceptors (Lipinski definition) is 2. The van der Waals surface area contributed by atoms with Crippen LogP contribution in [0.5, 0.6) is 0 Å². The van der Waals surface area contributed by atoms with E-state index in [2.05, 4.69) is 0 Å². The molecule has 0 fully saturated rings. The van der Waals surface area contributed by atoms with Gasteiger partial charge in [0.15, 0.2) is 5.60 Å². The molecule has 15 heavy (non-hydrogen) atoms. The van der Waals surface area contributed by atoms with Crippen molar-refractivity contribution in [3.63, 3.8) is 0 Å². The topological polar surface area (TPSA) is 26.3 Å². The van der Waals surface area contributed by atoms with E-state index in [9.17, 15) is 13.6 Å². The molecule has 1 aliphatic heterocycles. The molecule has 0 saturated carbocycles. The van der Waals surface area contributed by atoms with Gasteiger partial charge >= 0.3 is 0 Å². The van der Waals surface area contributed by atoms with Crippen molar-refractivity contribution in [1.82, 2.24) is 0 Å². The molecule has 0 aliphatic carbocycles. The monoisotopic (exact) mass is 210 g/mol. The van der Waals surface area contributed by atoms with Gasteiger partial charge in [0, 0.05) is 6.08 Å². The lowest BCUT2D eigenvalue weighted by molar-refractivity contribution is -0.129. The number of ketones is 1. The summed E-state index contributed by atoms with van der Waals surface area (Å²) < 4.78 is 31.8. The normalized spacial score (nSPS) is 24.3. The van der Waals surface area contributed by atoms with Crippen molar-refractivity contribution in [2.45, 2.75) is 12.5 Å². The first-order valence-corrected chi connectivity index (χ1v) is 4.39. The lowest BCUT2D eigenvalue weighted by Gasteiger charge is -2.23. The molecular weight excluding hydrogens is 202 g/mol. The lowest BCUT2D eigenvalue weighted by Crippen LogP contribution is -2.31. The Hall–Kier alpha value is -1.71. The van der Waals surface area contributed by atoms with Gasteiger partial charge in [-0.2, -0.15) is 0 Å². The van der Waals surface area contributed by atoms with E-state index in [1.165, 1.54) is 13.0 Å². The van der Waals surface area contributed by atoms with Crippen LogP contribution in [0.2, 0.25) is 0 Å². The number of carbonyl (C=O) groups excluding carboxylic acids is 1. The van der Waals surface area contributed by atoms with Crippen LogP contribution >= 0.6 is 0 Å². The van der Waals surface area contributed by atoms with Crippen LogP contribution in [-0.4, -0.2) is 5.78 Å². The molecule has 1 aromatic rings. The fourth-order valence-electron chi connectivity index (χ4n) is 1.58. The molecule has 1 unspecified atom stereocenters. The van der Waals surface area contributed by atoms with Gasteiger partial charge in [-0.25, -0.2) is 8.78 Å². The van der Waals surface area contributed by atoms with Crippen molar-refractivity contribution in [1.29, 1.82) is 0 Å². The summed E-state index contributed by atoms with van der Waals surface area (Å²) >= 11 is 0. The minimum absolute atomic E-state index is 0.347. The van der Waals surface area contributed by atoms with Crippen LogP contribution < -0.4 is 0 Å².